The number of halogens is 1. The molecule has 6 rings (SSSR count). The highest BCUT2D eigenvalue weighted by atomic mass is 19.1. The van der Waals surface area contributed by atoms with Gasteiger partial charge in [-0.05, 0) is 30.9 Å². The number of aromatic amines is 1. The minimum atomic E-state index is -0.342. The smallest absolute Gasteiger partial charge is 0.326 e. The lowest BCUT2D eigenvalue weighted by Crippen LogP contribution is -2.41. The summed E-state index contributed by atoms with van der Waals surface area (Å²) in [4.78, 5) is 23.0. The SMILES string of the molecule is CNc1cc(F)cc2c1[nH]c1nc(Oc3cnc(CO)nc3)nc(N3CC4CC3C[C@@H]4N)c12. The predicted octanol–water partition coefficient (Wildman–Crippen LogP) is 2.29. The third kappa shape index (κ3) is 3.23. The Morgan fingerprint density at radius 1 is 1.27 bits per heavy atom. The van der Waals surface area contributed by atoms with E-state index in [2.05, 4.69) is 30.2 Å². The number of fused-ring (bicyclic) bond motifs is 5. The second kappa shape index (κ2) is 7.49. The zero-order chi connectivity index (χ0) is 22.7. The number of benzene rings is 1. The summed E-state index contributed by atoms with van der Waals surface area (Å²) in [6.07, 6.45) is 4.82. The van der Waals surface area contributed by atoms with Crippen molar-refractivity contribution in [2.75, 3.05) is 23.8 Å². The molecule has 1 aliphatic carbocycles. The molecule has 0 spiro atoms. The average molecular weight is 450 g/mol. The van der Waals surface area contributed by atoms with Gasteiger partial charge in [0.25, 0.3) is 0 Å². The van der Waals surface area contributed by atoms with Crippen molar-refractivity contribution in [3.8, 4) is 11.8 Å². The minimum absolute atomic E-state index is 0.128. The van der Waals surface area contributed by atoms with Crippen LogP contribution < -0.4 is 20.7 Å². The molecule has 1 saturated carbocycles. The molecule has 3 atom stereocenters. The molecule has 2 unspecified atom stereocenters. The minimum Gasteiger partial charge on any atom is -0.421 e. The van der Waals surface area contributed by atoms with Gasteiger partial charge >= 0.3 is 6.01 Å². The number of hydrogen-bond acceptors (Lipinski definition) is 9. The molecule has 170 valence electrons. The lowest BCUT2D eigenvalue weighted by molar-refractivity contribution is 0.270. The monoisotopic (exact) mass is 450 g/mol. The van der Waals surface area contributed by atoms with Gasteiger partial charge in [0.1, 0.15) is 23.9 Å². The number of aliphatic hydroxyl groups excluding tert-OH is 1. The zero-order valence-corrected chi connectivity index (χ0v) is 17.9. The molecule has 4 aromatic rings. The molecule has 2 fully saturated rings. The molecule has 3 aromatic heterocycles. The molecule has 1 aromatic carbocycles. The van der Waals surface area contributed by atoms with E-state index < -0.39 is 0 Å². The van der Waals surface area contributed by atoms with E-state index in [0.717, 1.165) is 30.3 Å². The molecule has 5 N–H and O–H groups in total. The van der Waals surface area contributed by atoms with Gasteiger partial charge in [-0.3, -0.25) is 0 Å². The van der Waals surface area contributed by atoms with Crippen molar-refractivity contribution in [1.82, 2.24) is 24.9 Å². The van der Waals surface area contributed by atoms with Crippen molar-refractivity contribution in [2.24, 2.45) is 11.7 Å². The Kier molecular flexibility index (Phi) is 4.56. The van der Waals surface area contributed by atoms with Crippen LogP contribution in [-0.4, -0.2) is 55.7 Å². The van der Waals surface area contributed by atoms with Crippen molar-refractivity contribution >= 4 is 33.4 Å². The molecular weight excluding hydrogens is 427 g/mol. The first-order valence-corrected chi connectivity index (χ1v) is 10.9. The summed E-state index contributed by atoms with van der Waals surface area (Å²) in [5, 5.41) is 13.7. The summed E-state index contributed by atoms with van der Waals surface area (Å²) in [6.45, 7) is 0.526. The Balaban J connectivity index is 1.52. The number of hydrogen-bond donors (Lipinski definition) is 4. The number of aliphatic hydroxyl groups is 1. The van der Waals surface area contributed by atoms with Crippen LogP contribution in [-0.2, 0) is 6.61 Å². The van der Waals surface area contributed by atoms with Crippen LogP contribution >= 0.6 is 0 Å². The van der Waals surface area contributed by atoms with E-state index in [4.69, 9.17) is 20.6 Å². The number of nitrogens with one attached hydrogen (secondary N) is 2. The summed E-state index contributed by atoms with van der Waals surface area (Å²) < 4.78 is 20.3. The molecule has 0 radical (unpaired) electrons. The van der Waals surface area contributed by atoms with E-state index in [0.29, 0.717) is 40.0 Å². The van der Waals surface area contributed by atoms with Crippen LogP contribution in [0.4, 0.5) is 15.9 Å². The summed E-state index contributed by atoms with van der Waals surface area (Å²) in [6, 6.07) is 3.54. The van der Waals surface area contributed by atoms with Crippen molar-refractivity contribution < 1.29 is 14.2 Å². The fraction of sp³-hybridized carbons (Fsp3) is 0.364. The molecule has 2 aliphatic rings. The van der Waals surface area contributed by atoms with E-state index in [1.165, 1.54) is 24.5 Å². The number of anilines is 2. The largest absolute Gasteiger partial charge is 0.421 e. The predicted molar refractivity (Wildman–Crippen MR) is 121 cm³/mol. The van der Waals surface area contributed by atoms with Gasteiger partial charge < -0.3 is 30.8 Å². The lowest BCUT2D eigenvalue weighted by atomic mass is 10.0. The maximum Gasteiger partial charge on any atom is 0.326 e. The Morgan fingerprint density at radius 2 is 2.09 bits per heavy atom. The summed E-state index contributed by atoms with van der Waals surface area (Å²) >= 11 is 0. The Hall–Kier alpha value is -3.57. The molecule has 4 heterocycles. The first-order chi connectivity index (χ1) is 16.0. The van der Waals surface area contributed by atoms with E-state index >= 15 is 0 Å². The maximum atomic E-state index is 14.4. The van der Waals surface area contributed by atoms with Gasteiger partial charge in [0, 0.05) is 31.1 Å². The van der Waals surface area contributed by atoms with Crippen molar-refractivity contribution in [3.05, 3.63) is 36.2 Å². The van der Waals surface area contributed by atoms with Crippen molar-refractivity contribution in [3.63, 3.8) is 0 Å². The van der Waals surface area contributed by atoms with Crippen LogP contribution in [0.1, 0.15) is 18.7 Å². The van der Waals surface area contributed by atoms with Gasteiger partial charge in [-0.25, -0.2) is 14.4 Å². The van der Waals surface area contributed by atoms with Crippen molar-refractivity contribution in [1.29, 1.82) is 0 Å². The standard InChI is InChI=1S/C22H23FN8O2/c1-25-16-4-11(23)3-14-18-20(28-19(14)16)29-22(33-13-6-26-17(9-32)27-7-13)30-21(18)31-8-10-2-12(31)5-15(10)24/h3-4,6-7,10,12,15,25,32H,2,5,8-9,24H2,1H3,(H,28,29,30)/t10?,12?,15-/m0/s1. The highest BCUT2D eigenvalue weighted by Gasteiger charge is 2.44. The van der Waals surface area contributed by atoms with Crippen molar-refractivity contribution in [2.45, 2.75) is 31.5 Å². The highest BCUT2D eigenvalue weighted by Crippen LogP contribution is 2.44. The van der Waals surface area contributed by atoms with Crippen LogP contribution in [0.25, 0.3) is 21.9 Å². The third-order valence-corrected chi connectivity index (χ3v) is 6.66. The van der Waals surface area contributed by atoms with Gasteiger partial charge in [-0.1, -0.05) is 0 Å². The van der Waals surface area contributed by atoms with Gasteiger partial charge in [0.2, 0.25) is 0 Å². The molecule has 2 bridgehead atoms. The van der Waals surface area contributed by atoms with Crippen LogP contribution in [0, 0.1) is 11.7 Å². The van der Waals surface area contributed by atoms with Crippen LogP contribution in [0.3, 0.4) is 0 Å². The summed E-state index contributed by atoms with van der Waals surface area (Å²) in [5.74, 6) is 1.39. The number of piperidine rings is 1. The Morgan fingerprint density at radius 3 is 2.76 bits per heavy atom. The second-order valence-electron chi connectivity index (χ2n) is 8.60. The summed E-state index contributed by atoms with van der Waals surface area (Å²) in [7, 11) is 1.75. The molecule has 33 heavy (non-hydrogen) atoms. The Labute approximate surface area is 188 Å². The van der Waals surface area contributed by atoms with Crippen LogP contribution in [0.2, 0.25) is 0 Å². The number of nitrogens with two attached hydrogens (primary N) is 1. The van der Waals surface area contributed by atoms with Crippen LogP contribution in [0.15, 0.2) is 24.5 Å². The van der Waals surface area contributed by atoms with E-state index in [1.807, 2.05) is 0 Å². The molecule has 11 heteroatoms. The molecule has 10 nitrogen and oxygen atoms in total. The first kappa shape index (κ1) is 20.1. The maximum absolute atomic E-state index is 14.4. The molecular formula is C22H23FN8O2. The van der Waals surface area contributed by atoms with Gasteiger partial charge in [-0.2, -0.15) is 9.97 Å². The first-order valence-electron chi connectivity index (χ1n) is 10.9. The highest BCUT2D eigenvalue weighted by molar-refractivity contribution is 6.14. The second-order valence-corrected chi connectivity index (χ2v) is 8.60. The molecule has 1 saturated heterocycles. The third-order valence-electron chi connectivity index (χ3n) is 6.66. The number of ether oxygens (including phenoxy) is 1. The zero-order valence-electron chi connectivity index (χ0n) is 17.9. The molecule has 1 aliphatic heterocycles. The normalized spacial score (nSPS) is 21.9. The fourth-order valence-electron chi connectivity index (χ4n) is 5.11. The fourth-order valence-corrected chi connectivity index (χ4v) is 5.11. The number of nitrogens with zero attached hydrogens (tertiary/aromatic N) is 5. The lowest BCUT2D eigenvalue weighted by Gasteiger charge is -2.31. The van der Waals surface area contributed by atoms with E-state index in [1.54, 1.807) is 7.05 Å². The van der Waals surface area contributed by atoms with Crippen LogP contribution in [0.5, 0.6) is 11.8 Å². The Bertz CT molecular complexity index is 1360. The van der Waals surface area contributed by atoms with E-state index in [-0.39, 0.29) is 30.5 Å². The summed E-state index contributed by atoms with van der Waals surface area (Å²) in [5.41, 5.74) is 8.21. The quantitative estimate of drug-likeness (QED) is 0.361. The van der Waals surface area contributed by atoms with Gasteiger partial charge in [0.15, 0.2) is 11.6 Å². The topological polar surface area (TPSA) is 138 Å². The van der Waals surface area contributed by atoms with E-state index in [9.17, 15) is 4.39 Å². The average Bonchev–Trinajstić information content (AvgIpc) is 3.50. The van der Waals surface area contributed by atoms with Gasteiger partial charge in [0.05, 0.1) is 29.0 Å². The molecule has 0 amide bonds. The number of rotatable bonds is 5. The van der Waals surface area contributed by atoms with Gasteiger partial charge in [-0.15, -0.1) is 0 Å². The number of H-pyrrole nitrogens is 1. The number of aromatic nitrogens is 5.